The maximum Gasteiger partial charge on any atom is 0.184 e. The predicted octanol–water partition coefficient (Wildman–Crippen LogP) is 5.27. The summed E-state index contributed by atoms with van der Waals surface area (Å²) in [4.78, 5) is 0. The zero-order valence-corrected chi connectivity index (χ0v) is 19.5. The zero-order chi connectivity index (χ0) is 21.8. The first-order valence-electron chi connectivity index (χ1n) is 11.7. The fraction of sp³-hybridized carbons (Fsp3) is 0.760. The van der Waals surface area contributed by atoms with Crippen molar-refractivity contribution in [1.29, 1.82) is 0 Å². The van der Waals surface area contributed by atoms with Crippen molar-refractivity contribution in [2.24, 2.45) is 0 Å². The molecule has 0 aliphatic carbocycles. The molecule has 7 unspecified atom stereocenters. The lowest BCUT2D eigenvalue weighted by Gasteiger charge is -2.40. The fourth-order valence-corrected chi connectivity index (χ4v) is 4.88. The Morgan fingerprint density at radius 2 is 1.57 bits per heavy atom. The minimum atomic E-state index is -0.334. The second kappa shape index (κ2) is 10.6. The third-order valence-electron chi connectivity index (χ3n) is 6.32. The van der Waals surface area contributed by atoms with E-state index in [1.165, 1.54) is 16.7 Å². The molecule has 0 saturated carbocycles. The van der Waals surface area contributed by atoms with E-state index in [9.17, 15) is 5.11 Å². The largest absolute Gasteiger partial charge is 0.393 e. The fourth-order valence-electron chi connectivity index (χ4n) is 4.88. The highest BCUT2D eigenvalue weighted by Crippen LogP contribution is 2.37. The van der Waals surface area contributed by atoms with Gasteiger partial charge in [-0.05, 0) is 64.5 Å². The van der Waals surface area contributed by atoms with Crippen molar-refractivity contribution in [3.05, 3.63) is 34.4 Å². The highest BCUT2D eigenvalue weighted by atomic mass is 16.7. The highest BCUT2D eigenvalue weighted by Gasteiger charge is 2.36. The van der Waals surface area contributed by atoms with Gasteiger partial charge in [0.2, 0.25) is 0 Å². The van der Waals surface area contributed by atoms with Gasteiger partial charge in [-0.15, -0.1) is 0 Å². The van der Waals surface area contributed by atoms with Gasteiger partial charge in [0.1, 0.15) is 0 Å². The van der Waals surface area contributed by atoms with Gasteiger partial charge in [0.15, 0.2) is 12.6 Å². The minimum absolute atomic E-state index is 0.0401. The summed E-state index contributed by atoms with van der Waals surface area (Å²) >= 11 is 0. The Morgan fingerprint density at radius 3 is 2.20 bits per heavy atom. The van der Waals surface area contributed by atoms with Crippen molar-refractivity contribution in [2.75, 3.05) is 0 Å². The van der Waals surface area contributed by atoms with Gasteiger partial charge < -0.3 is 24.1 Å². The summed E-state index contributed by atoms with van der Waals surface area (Å²) < 4.78 is 24.9. The van der Waals surface area contributed by atoms with Gasteiger partial charge in [0.05, 0.1) is 30.5 Å². The smallest absolute Gasteiger partial charge is 0.184 e. The molecule has 170 valence electrons. The molecule has 0 bridgehead atoms. The van der Waals surface area contributed by atoms with Gasteiger partial charge in [-0.25, -0.2) is 0 Å². The zero-order valence-electron chi connectivity index (χ0n) is 19.5. The van der Waals surface area contributed by atoms with Crippen molar-refractivity contribution < 1.29 is 24.1 Å². The normalized spacial score (nSPS) is 33.4. The lowest BCUT2D eigenvalue weighted by Crippen LogP contribution is -2.42. The topological polar surface area (TPSA) is 57.2 Å². The number of aliphatic hydroxyl groups excluding tert-OH is 1. The van der Waals surface area contributed by atoms with Crippen LogP contribution in [0.25, 0.3) is 0 Å². The van der Waals surface area contributed by atoms with Gasteiger partial charge in [0, 0.05) is 18.4 Å². The van der Waals surface area contributed by atoms with Gasteiger partial charge in [-0.2, -0.15) is 0 Å². The molecule has 0 spiro atoms. The van der Waals surface area contributed by atoms with E-state index in [-0.39, 0.29) is 43.1 Å². The number of hydrogen-bond donors (Lipinski definition) is 1. The monoisotopic (exact) mass is 420 g/mol. The maximum absolute atomic E-state index is 10.1. The van der Waals surface area contributed by atoms with Crippen LogP contribution in [-0.4, -0.2) is 41.9 Å². The number of benzene rings is 1. The third-order valence-corrected chi connectivity index (χ3v) is 6.32. The lowest BCUT2D eigenvalue weighted by molar-refractivity contribution is -0.274. The standard InChI is InChI=1S/C25H40O5/c1-7-19(26)12-21-14-22(29-23(8-2)28-21)13-20-11-18(6)27-25(30-20)24-16(4)9-15(3)10-17(24)5/h9-10,18-23,25-26H,7-8,11-14H2,1-6H3. The highest BCUT2D eigenvalue weighted by molar-refractivity contribution is 5.38. The summed E-state index contributed by atoms with van der Waals surface area (Å²) in [6, 6.07) is 4.39. The predicted molar refractivity (Wildman–Crippen MR) is 117 cm³/mol. The molecule has 2 aliphatic rings. The number of rotatable bonds is 7. The summed E-state index contributed by atoms with van der Waals surface area (Å²) in [5, 5.41) is 10.1. The summed E-state index contributed by atoms with van der Waals surface area (Å²) in [7, 11) is 0. The van der Waals surface area contributed by atoms with E-state index in [1.54, 1.807) is 0 Å². The Bertz CT molecular complexity index is 665. The van der Waals surface area contributed by atoms with E-state index in [4.69, 9.17) is 18.9 Å². The summed E-state index contributed by atoms with van der Waals surface area (Å²) in [5.41, 5.74) is 4.84. The number of ether oxygens (including phenoxy) is 4. The summed E-state index contributed by atoms with van der Waals surface area (Å²) in [6.45, 7) is 12.6. The molecule has 1 aromatic rings. The Labute approximate surface area is 182 Å². The third kappa shape index (κ3) is 6.04. The molecule has 5 heteroatoms. The Kier molecular flexibility index (Phi) is 8.33. The van der Waals surface area contributed by atoms with E-state index in [2.05, 4.69) is 46.8 Å². The van der Waals surface area contributed by atoms with Crippen LogP contribution in [0.4, 0.5) is 0 Å². The molecule has 30 heavy (non-hydrogen) atoms. The van der Waals surface area contributed by atoms with E-state index in [0.29, 0.717) is 6.42 Å². The summed E-state index contributed by atoms with van der Waals surface area (Å²) in [6.07, 6.45) is 4.20. The molecule has 1 N–H and O–H groups in total. The number of aliphatic hydroxyl groups is 1. The Morgan fingerprint density at radius 1 is 0.933 bits per heavy atom. The van der Waals surface area contributed by atoms with Crippen LogP contribution in [0, 0.1) is 20.8 Å². The van der Waals surface area contributed by atoms with Gasteiger partial charge in [0.25, 0.3) is 0 Å². The van der Waals surface area contributed by atoms with Crippen LogP contribution >= 0.6 is 0 Å². The lowest BCUT2D eigenvalue weighted by atomic mass is 9.95. The van der Waals surface area contributed by atoms with Crippen molar-refractivity contribution in [3.8, 4) is 0 Å². The first kappa shape index (κ1) is 23.7. The van der Waals surface area contributed by atoms with Gasteiger partial charge in [-0.3, -0.25) is 0 Å². The Balaban J connectivity index is 1.68. The van der Waals surface area contributed by atoms with Crippen molar-refractivity contribution in [3.63, 3.8) is 0 Å². The van der Waals surface area contributed by atoms with E-state index in [1.807, 2.05) is 6.92 Å². The van der Waals surface area contributed by atoms with Crippen LogP contribution in [0.5, 0.6) is 0 Å². The first-order valence-corrected chi connectivity index (χ1v) is 11.7. The molecule has 1 aromatic carbocycles. The van der Waals surface area contributed by atoms with Crippen molar-refractivity contribution in [2.45, 2.75) is 123 Å². The molecular weight excluding hydrogens is 380 g/mol. The second-order valence-electron chi connectivity index (χ2n) is 9.21. The molecule has 3 rings (SSSR count). The molecule has 2 heterocycles. The number of aryl methyl sites for hydroxylation is 3. The first-order chi connectivity index (χ1) is 14.3. The van der Waals surface area contributed by atoms with Gasteiger partial charge >= 0.3 is 0 Å². The van der Waals surface area contributed by atoms with Crippen LogP contribution in [0.2, 0.25) is 0 Å². The van der Waals surface area contributed by atoms with Crippen LogP contribution in [-0.2, 0) is 18.9 Å². The van der Waals surface area contributed by atoms with E-state index < -0.39 is 0 Å². The Hall–Kier alpha value is -0.980. The molecule has 2 saturated heterocycles. The molecule has 5 nitrogen and oxygen atoms in total. The minimum Gasteiger partial charge on any atom is -0.393 e. The van der Waals surface area contributed by atoms with Crippen molar-refractivity contribution in [1.82, 2.24) is 0 Å². The van der Waals surface area contributed by atoms with Crippen LogP contribution < -0.4 is 0 Å². The molecule has 0 radical (unpaired) electrons. The van der Waals surface area contributed by atoms with Gasteiger partial charge in [-0.1, -0.05) is 31.5 Å². The average Bonchev–Trinajstić information content (AvgIpc) is 2.66. The molecule has 2 fully saturated rings. The van der Waals surface area contributed by atoms with Crippen molar-refractivity contribution >= 4 is 0 Å². The summed E-state index contributed by atoms with van der Waals surface area (Å²) in [5.74, 6) is 0. The second-order valence-corrected chi connectivity index (χ2v) is 9.21. The quantitative estimate of drug-likeness (QED) is 0.651. The van der Waals surface area contributed by atoms with Crippen LogP contribution in [0.15, 0.2) is 12.1 Å². The van der Waals surface area contributed by atoms with E-state index in [0.717, 1.165) is 37.7 Å². The average molecular weight is 421 g/mol. The van der Waals surface area contributed by atoms with E-state index >= 15 is 0 Å². The molecule has 0 amide bonds. The van der Waals surface area contributed by atoms with Crippen LogP contribution in [0.3, 0.4) is 0 Å². The van der Waals surface area contributed by atoms with Crippen LogP contribution in [0.1, 0.15) is 87.8 Å². The molecular formula is C25H40O5. The SMILES string of the molecule is CCC(O)CC1CC(CC2CC(C)OC(c3c(C)cc(C)cc3C)O2)OC(CC)O1. The molecule has 2 aliphatic heterocycles. The molecule has 0 aromatic heterocycles. The maximum atomic E-state index is 10.1. The molecule has 7 atom stereocenters. The number of hydrogen-bond acceptors (Lipinski definition) is 5.